The highest BCUT2D eigenvalue weighted by atomic mass is 16.6. The van der Waals surface area contributed by atoms with Crippen LogP contribution in [0.15, 0.2) is 60.7 Å². The van der Waals surface area contributed by atoms with Crippen LogP contribution in [0.5, 0.6) is 11.5 Å². The van der Waals surface area contributed by atoms with Gasteiger partial charge in [-0.1, -0.05) is 47.5 Å². The minimum absolute atomic E-state index is 0.242. The Morgan fingerprint density at radius 3 is 1.78 bits per heavy atom. The standard InChI is InChI=1S/C27H31NO4.C23H25NO2/c1-16-7-8-19-20(11-16)21-12-17(2)25(31-6)14-23(21)22-13-18(9-10-29)28(15-24(19)22)26(30)32-27(3,4)5;1-14-4-5-17-18(8-14)19-9-15(2)23(25-3)11-21(19)20-10-16-13-26-7-6-24(16)12-22(17)20/h7-8,10-12,14,18H,9,13,15H2,1-6H3;4-5,8-9,11,16H,6-7,10,12-13H2,1-3H3/t18-;16-/m10/s1. The zero-order valence-corrected chi connectivity index (χ0v) is 35.5. The Labute approximate surface area is 342 Å². The lowest BCUT2D eigenvalue weighted by molar-refractivity contribution is -0.109. The molecule has 0 saturated carbocycles. The Morgan fingerprint density at radius 1 is 0.707 bits per heavy atom. The highest BCUT2D eigenvalue weighted by Crippen LogP contribution is 2.43. The third-order valence-corrected chi connectivity index (χ3v) is 12.4. The van der Waals surface area contributed by atoms with Crippen LogP contribution in [0.4, 0.5) is 4.79 Å². The third kappa shape index (κ3) is 7.26. The third-order valence-electron chi connectivity index (χ3n) is 12.4. The number of amides is 1. The van der Waals surface area contributed by atoms with E-state index in [4.69, 9.17) is 18.9 Å². The van der Waals surface area contributed by atoms with Crippen molar-refractivity contribution in [2.24, 2.45) is 0 Å². The summed E-state index contributed by atoms with van der Waals surface area (Å²) in [5.41, 5.74) is 9.46. The van der Waals surface area contributed by atoms with Crippen LogP contribution in [0.3, 0.4) is 0 Å². The van der Waals surface area contributed by atoms with Crippen LogP contribution >= 0.6 is 0 Å². The van der Waals surface area contributed by atoms with E-state index >= 15 is 0 Å². The Bertz CT molecular complexity index is 2610. The van der Waals surface area contributed by atoms with Gasteiger partial charge in [-0.05, 0) is 162 Å². The fourth-order valence-corrected chi connectivity index (χ4v) is 9.55. The highest BCUT2D eigenvalue weighted by molar-refractivity contribution is 6.13. The van der Waals surface area contributed by atoms with Gasteiger partial charge in [0, 0.05) is 31.6 Å². The van der Waals surface area contributed by atoms with Gasteiger partial charge in [-0.3, -0.25) is 4.90 Å². The molecule has 9 rings (SSSR count). The average Bonchev–Trinajstić information content (AvgIpc) is 3.19. The number of aryl methyl sites for hydroxylation is 4. The summed E-state index contributed by atoms with van der Waals surface area (Å²) < 4.78 is 22.7. The molecule has 302 valence electrons. The average molecular weight is 781 g/mol. The summed E-state index contributed by atoms with van der Waals surface area (Å²) in [6.07, 6.45) is 2.44. The number of benzene rings is 6. The van der Waals surface area contributed by atoms with Crippen molar-refractivity contribution >= 4 is 55.5 Å². The van der Waals surface area contributed by atoms with E-state index in [1.165, 1.54) is 65.7 Å². The fourth-order valence-electron chi connectivity index (χ4n) is 9.55. The Morgan fingerprint density at radius 2 is 1.24 bits per heavy atom. The smallest absolute Gasteiger partial charge is 0.410 e. The lowest BCUT2D eigenvalue weighted by Gasteiger charge is -2.41. The number of hydrogen-bond acceptors (Lipinski definition) is 7. The molecule has 8 nitrogen and oxygen atoms in total. The maximum atomic E-state index is 13.1. The Kier molecular flexibility index (Phi) is 10.6. The molecule has 3 aliphatic heterocycles. The molecule has 0 radical (unpaired) electrons. The molecule has 6 aromatic carbocycles. The molecule has 0 bridgehead atoms. The number of methoxy groups -OCH3 is 2. The van der Waals surface area contributed by atoms with Crippen LogP contribution in [-0.4, -0.2) is 73.8 Å². The zero-order valence-electron chi connectivity index (χ0n) is 35.5. The van der Waals surface area contributed by atoms with Crippen LogP contribution in [0.25, 0.3) is 43.1 Å². The molecule has 3 heterocycles. The molecule has 1 saturated heterocycles. The largest absolute Gasteiger partial charge is 0.496 e. The fraction of sp³-hybridized carbons (Fsp3) is 0.400. The van der Waals surface area contributed by atoms with Crippen LogP contribution in [-0.2, 0) is 40.2 Å². The number of fused-ring (bicyclic) bond motifs is 13. The van der Waals surface area contributed by atoms with Crippen molar-refractivity contribution in [1.82, 2.24) is 9.80 Å². The molecule has 0 aliphatic carbocycles. The molecule has 0 aromatic heterocycles. The number of aldehydes is 1. The van der Waals surface area contributed by atoms with E-state index in [2.05, 4.69) is 93.3 Å². The first-order valence-electron chi connectivity index (χ1n) is 20.6. The number of ether oxygens (including phenoxy) is 4. The quantitative estimate of drug-likeness (QED) is 0.130. The number of nitrogens with zero attached hydrogens (tertiary/aromatic N) is 2. The SMILES string of the molecule is COc1cc2c3c(c4ccc(C)cc4c2cc1C)CN(C(=O)OC(C)(C)C)[C@H](CC=O)C3.COc1cc2c3c(c4ccc(C)cc4c2cc1C)CN1CCOC[C@@H]1C3. The molecule has 0 spiro atoms. The molecule has 1 amide bonds. The number of rotatable bonds is 4. The van der Waals surface area contributed by atoms with Gasteiger partial charge in [0.15, 0.2) is 0 Å². The van der Waals surface area contributed by atoms with Crippen molar-refractivity contribution in [3.8, 4) is 11.5 Å². The predicted octanol–water partition coefficient (Wildman–Crippen LogP) is 10.2. The maximum Gasteiger partial charge on any atom is 0.410 e. The van der Waals surface area contributed by atoms with Crippen molar-refractivity contribution in [3.63, 3.8) is 0 Å². The normalized spacial score (nSPS) is 18.0. The molecule has 58 heavy (non-hydrogen) atoms. The summed E-state index contributed by atoms with van der Waals surface area (Å²) in [5, 5.41) is 10.1. The van der Waals surface area contributed by atoms with E-state index in [1.807, 2.05) is 20.8 Å². The van der Waals surface area contributed by atoms with Crippen LogP contribution in [0.2, 0.25) is 0 Å². The second-order valence-electron chi connectivity index (χ2n) is 17.5. The minimum atomic E-state index is -0.601. The summed E-state index contributed by atoms with van der Waals surface area (Å²) in [5.74, 6) is 1.82. The van der Waals surface area contributed by atoms with Crippen molar-refractivity contribution in [2.75, 3.05) is 34.0 Å². The molecular weight excluding hydrogens is 725 g/mol. The van der Waals surface area contributed by atoms with Gasteiger partial charge in [0.2, 0.25) is 0 Å². The van der Waals surface area contributed by atoms with E-state index in [0.29, 0.717) is 19.0 Å². The van der Waals surface area contributed by atoms with E-state index in [-0.39, 0.29) is 18.6 Å². The number of hydrogen-bond donors (Lipinski definition) is 0. The van der Waals surface area contributed by atoms with E-state index in [0.717, 1.165) is 72.4 Å². The topological polar surface area (TPSA) is 77.5 Å². The summed E-state index contributed by atoms with van der Waals surface area (Å²) in [6.45, 7) is 18.2. The van der Waals surface area contributed by atoms with E-state index < -0.39 is 5.60 Å². The van der Waals surface area contributed by atoms with E-state index in [1.54, 1.807) is 19.1 Å². The first-order chi connectivity index (χ1) is 27.8. The minimum Gasteiger partial charge on any atom is -0.496 e. The van der Waals surface area contributed by atoms with Crippen LogP contribution in [0, 0.1) is 27.7 Å². The lowest BCUT2D eigenvalue weighted by Crippen LogP contribution is -2.48. The lowest BCUT2D eigenvalue weighted by atomic mass is 9.83. The molecule has 2 atom stereocenters. The van der Waals surface area contributed by atoms with Gasteiger partial charge in [-0.15, -0.1) is 0 Å². The molecule has 3 aliphatic rings. The van der Waals surface area contributed by atoms with Crippen molar-refractivity contribution in [1.29, 1.82) is 0 Å². The number of carbonyl (C=O) groups is 2. The van der Waals surface area contributed by atoms with Gasteiger partial charge < -0.3 is 28.6 Å². The second-order valence-corrected chi connectivity index (χ2v) is 17.5. The molecule has 6 aromatic rings. The maximum absolute atomic E-state index is 13.1. The number of morpholine rings is 1. The molecule has 0 unspecified atom stereocenters. The summed E-state index contributed by atoms with van der Waals surface area (Å²) in [6, 6.07) is 22.5. The first-order valence-corrected chi connectivity index (χ1v) is 20.6. The van der Waals surface area contributed by atoms with Crippen LogP contribution < -0.4 is 9.47 Å². The van der Waals surface area contributed by atoms with Gasteiger partial charge in [0.25, 0.3) is 0 Å². The molecule has 8 heteroatoms. The monoisotopic (exact) mass is 780 g/mol. The van der Waals surface area contributed by atoms with Crippen LogP contribution in [0.1, 0.15) is 71.7 Å². The predicted molar refractivity (Wildman–Crippen MR) is 234 cm³/mol. The summed E-state index contributed by atoms with van der Waals surface area (Å²) >= 11 is 0. The first kappa shape index (κ1) is 39.6. The van der Waals surface area contributed by atoms with Gasteiger partial charge in [-0.2, -0.15) is 0 Å². The van der Waals surface area contributed by atoms with Crippen molar-refractivity contribution in [2.45, 2.75) is 98.5 Å². The summed E-state index contributed by atoms with van der Waals surface area (Å²) in [7, 11) is 3.45. The zero-order chi connectivity index (χ0) is 41.0. The number of carbonyl (C=O) groups excluding carboxylic acids is 2. The highest BCUT2D eigenvalue weighted by Gasteiger charge is 2.35. The van der Waals surface area contributed by atoms with Gasteiger partial charge >= 0.3 is 6.09 Å². The second kappa shape index (κ2) is 15.5. The molecule has 1 fully saturated rings. The molecular formula is C50H56N2O6. The Balaban J connectivity index is 0.000000165. The van der Waals surface area contributed by atoms with Gasteiger partial charge in [0.1, 0.15) is 23.4 Å². The van der Waals surface area contributed by atoms with Gasteiger partial charge in [0.05, 0.1) is 34.0 Å². The van der Waals surface area contributed by atoms with E-state index in [9.17, 15) is 9.59 Å². The van der Waals surface area contributed by atoms with Crippen molar-refractivity contribution < 1.29 is 28.5 Å². The molecule has 0 N–H and O–H groups in total. The Hall–Kier alpha value is -5.18. The van der Waals surface area contributed by atoms with Crippen molar-refractivity contribution in [3.05, 3.63) is 105 Å². The van der Waals surface area contributed by atoms with Gasteiger partial charge in [-0.25, -0.2) is 4.79 Å². The summed E-state index contributed by atoms with van der Waals surface area (Å²) in [4.78, 5) is 28.9.